The van der Waals surface area contributed by atoms with Crippen molar-refractivity contribution >= 4 is 51.5 Å². The number of methoxy groups -OCH3 is 1. The predicted octanol–water partition coefficient (Wildman–Crippen LogP) is 3.80. The Labute approximate surface area is 232 Å². The molecule has 3 aromatic rings. The fourth-order valence-corrected chi connectivity index (χ4v) is 5.21. The van der Waals surface area contributed by atoms with Crippen molar-refractivity contribution in [3.05, 3.63) is 63.4 Å². The smallest absolute Gasteiger partial charge is 0.274 e. The fourth-order valence-electron chi connectivity index (χ4n) is 3.87. The molecule has 2 aromatic heterocycles. The van der Waals surface area contributed by atoms with Crippen molar-refractivity contribution in [1.29, 1.82) is 0 Å². The molecular formula is C25H27Cl2N5O5S. The minimum atomic E-state index is -0.917. The number of hydrogen-bond donors (Lipinski definition) is 2. The van der Waals surface area contributed by atoms with E-state index in [0.29, 0.717) is 40.8 Å². The van der Waals surface area contributed by atoms with Crippen molar-refractivity contribution in [2.24, 2.45) is 0 Å². The highest BCUT2D eigenvalue weighted by Gasteiger charge is 2.30. The third-order valence-corrected chi connectivity index (χ3v) is 7.87. The van der Waals surface area contributed by atoms with Gasteiger partial charge in [0.2, 0.25) is 5.88 Å². The van der Waals surface area contributed by atoms with Crippen LogP contribution in [0.25, 0.3) is 5.82 Å². The van der Waals surface area contributed by atoms with Crippen LogP contribution in [0.3, 0.4) is 0 Å². The number of ether oxygens (including phenoxy) is 2. The number of amides is 2. The number of pyridine rings is 1. The summed E-state index contributed by atoms with van der Waals surface area (Å²) in [6.07, 6.45) is 1.92. The molecule has 3 heterocycles. The fraction of sp³-hybridized carbons (Fsp3) is 0.360. The molecule has 13 heteroatoms. The Morgan fingerprint density at radius 2 is 2.00 bits per heavy atom. The lowest BCUT2D eigenvalue weighted by Gasteiger charge is -2.24. The van der Waals surface area contributed by atoms with E-state index in [1.807, 2.05) is 6.92 Å². The Kier molecular flexibility index (Phi) is 9.03. The Hall–Kier alpha value is -2.99. The Morgan fingerprint density at radius 3 is 2.66 bits per heavy atom. The average molecular weight is 580 g/mol. The van der Waals surface area contributed by atoms with E-state index in [9.17, 15) is 13.8 Å². The molecule has 1 atom stereocenters. The Morgan fingerprint density at radius 1 is 1.24 bits per heavy atom. The van der Waals surface area contributed by atoms with E-state index in [-0.39, 0.29) is 40.1 Å². The van der Waals surface area contributed by atoms with Crippen molar-refractivity contribution in [2.75, 3.05) is 30.5 Å². The zero-order chi connectivity index (χ0) is 27.4. The van der Waals surface area contributed by atoms with Crippen LogP contribution >= 0.6 is 23.2 Å². The van der Waals surface area contributed by atoms with Crippen LogP contribution in [0.4, 0.5) is 5.69 Å². The van der Waals surface area contributed by atoms with Crippen LogP contribution in [0.2, 0.25) is 10.0 Å². The van der Waals surface area contributed by atoms with Gasteiger partial charge in [0.25, 0.3) is 11.8 Å². The molecule has 2 N–H and O–H groups in total. The van der Waals surface area contributed by atoms with E-state index in [2.05, 4.69) is 20.7 Å². The topological polar surface area (TPSA) is 124 Å². The number of nitrogens with one attached hydrogen (secondary N) is 2. The monoisotopic (exact) mass is 579 g/mol. The molecule has 0 saturated carbocycles. The maximum Gasteiger partial charge on any atom is 0.274 e. The summed E-state index contributed by atoms with van der Waals surface area (Å²) in [5, 5.41) is 10.8. The van der Waals surface area contributed by atoms with Crippen LogP contribution in [0.15, 0.2) is 36.5 Å². The van der Waals surface area contributed by atoms with Crippen molar-refractivity contribution in [2.45, 2.75) is 32.4 Å². The lowest BCUT2D eigenvalue weighted by Crippen LogP contribution is -2.41. The van der Waals surface area contributed by atoms with Crippen LogP contribution in [-0.2, 0) is 15.5 Å². The quantitative estimate of drug-likeness (QED) is 0.374. The van der Waals surface area contributed by atoms with Gasteiger partial charge in [0, 0.05) is 35.2 Å². The summed E-state index contributed by atoms with van der Waals surface area (Å²) < 4.78 is 23.8. The van der Waals surface area contributed by atoms with Crippen molar-refractivity contribution in [1.82, 2.24) is 20.1 Å². The third kappa shape index (κ3) is 6.35. The highest BCUT2D eigenvalue weighted by Crippen LogP contribution is 2.28. The first kappa shape index (κ1) is 28.0. The van der Waals surface area contributed by atoms with E-state index < -0.39 is 22.6 Å². The molecular weight excluding hydrogens is 553 g/mol. The number of hydrogen-bond acceptors (Lipinski definition) is 7. The summed E-state index contributed by atoms with van der Waals surface area (Å²) in [5.74, 6) is 0.191. The van der Waals surface area contributed by atoms with Gasteiger partial charge in [0.15, 0.2) is 5.82 Å². The maximum absolute atomic E-state index is 13.6. The number of aromatic nitrogens is 3. The molecule has 0 aliphatic carbocycles. The Balaban J connectivity index is 1.68. The van der Waals surface area contributed by atoms with E-state index in [1.165, 1.54) is 23.0 Å². The molecule has 1 aliphatic heterocycles. The number of nitrogens with zero attached hydrogens (tertiary/aromatic N) is 3. The predicted molar refractivity (Wildman–Crippen MR) is 146 cm³/mol. The van der Waals surface area contributed by atoms with Crippen LogP contribution in [0.5, 0.6) is 5.88 Å². The molecule has 202 valence electrons. The first-order chi connectivity index (χ1) is 18.2. The van der Waals surface area contributed by atoms with Crippen molar-refractivity contribution in [3.63, 3.8) is 0 Å². The summed E-state index contributed by atoms with van der Waals surface area (Å²) in [6, 6.07) is 7.67. The minimum absolute atomic E-state index is 0.0765. The normalized spacial score (nSPS) is 17.4. The number of anilines is 1. The van der Waals surface area contributed by atoms with Gasteiger partial charge in [-0.3, -0.25) is 13.8 Å². The lowest BCUT2D eigenvalue weighted by molar-refractivity contribution is 0.0895. The van der Waals surface area contributed by atoms with Gasteiger partial charge in [-0.1, -0.05) is 30.1 Å². The molecule has 1 aliphatic rings. The molecule has 0 bridgehead atoms. The van der Waals surface area contributed by atoms with E-state index in [4.69, 9.17) is 32.7 Å². The highest BCUT2D eigenvalue weighted by atomic mass is 35.5. The van der Waals surface area contributed by atoms with Crippen LogP contribution in [0, 0.1) is 6.92 Å². The van der Waals surface area contributed by atoms with E-state index in [0.717, 1.165) is 0 Å². The SMILES string of the molecule is CCC(COC)NC(=O)c1cc(Cl)cc(C)c1NC(=O)c1cc(OC2CS(=O)C2)nn1-c1ncccc1Cl. The molecule has 0 spiro atoms. The first-order valence-electron chi connectivity index (χ1n) is 11.8. The molecule has 1 saturated heterocycles. The number of carbonyl (C=O) groups is 2. The van der Waals surface area contributed by atoms with Gasteiger partial charge >= 0.3 is 0 Å². The number of halogens is 2. The van der Waals surface area contributed by atoms with Gasteiger partial charge < -0.3 is 20.1 Å². The lowest BCUT2D eigenvalue weighted by atomic mass is 10.1. The van der Waals surface area contributed by atoms with E-state index >= 15 is 0 Å². The molecule has 1 unspecified atom stereocenters. The molecule has 0 radical (unpaired) electrons. The second-order valence-corrected chi connectivity index (χ2v) is 11.1. The van der Waals surface area contributed by atoms with Gasteiger partial charge in [-0.25, -0.2) is 9.67 Å². The zero-order valence-electron chi connectivity index (χ0n) is 21.0. The highest BCUT2D eigenvalue weighted by molar-refractivity contribution is 7.86. The van der Waals surface area contributed by atoms with Crippen LogP contribution < -0.4 is 15.4 Å². The summed E-state index contributed by atoms with van der Waals surface area (Å²) in [5.41, 5.74) is 1.16. The number of rotatable bonds is 10. The third-order valence-electron chi connectivity index (χ3n) is 5.87. The molecule has 1 fully saturated rings. The van der Waals surface area contributed by atoms with Crippen molar-refractivity contribution < 1.29 is 23.3 Å². The zero-order valence-corrected chi connectivity index (χ0v) is 23.3. The molecule has 10 nitrogen and oxygen atoms in total. The van der Waals surface area contributed by atoms with Crippen LogP contribution in [0.1, 0.15) is 39.8 Å². The Bertz CT molecular complexity index is 1370. The van der Waals surface area contributed by atoms with Gasteiger partial charge in [0.1, 0.15) is 11.8 Å². The van der Waals surface area contributed by atoms with Gasteiger partial charge in [-0.2, -0.15) is 0 Å². The summed E-state index contributed by atoms with van der Waals surface area (Å²) >= 11 is 12.6. The van der Waals surface area contributed by atoms with E-state index in [1.54, 1.807) is 32.2 Å². The molecule has 2 amide bonds. The maximum atomic E-state index is 13.6. The average Bonchev–Trinajstić information content (AvgIpc) is 3.28. The van der Waals surface area contributed by atoms with Gasteiger partial charge in [0.05, 0.1) is 40.4 Å². The standard InChI is InChI=1S/C25H27Cl2N5O5S/c1-4-16(11-36-3)29-24(33)18-9-15(26)8-14(2)22(18)30-25(34)20-10-21(37-17-12-38(35)13-17)31-32(20)23-19(27)6-5-7-28-23/h5-10,16-17H,4,11-13H2,1-3H3,(H,29,33)(H,30,34). The largest absolute Gasteiger partial charge is 0.471 e. The summed E-state index contributed by atoms with van der Waals surface area (Å²) in [6.45, 7) is 4.01. The second kappa shape index (κ2) is 12.2. The number of aryl methyl sites for hydroxylation is 1. The minimum Gasteiger partial charge on any atom is -0.471 e. The molecule has 38 heavy (non-hydrogen) atoms. The second-order valence-electron chi connectivity index (χ2n) is 8.73. The molecule has 4 rings (SSSR count). The van der Waals surface area contributed by atoms with Crippen LogP contribution in [-0.4, -0.2) is 68.2 Å². The number of carbonyl (C=O) groups excluding carboxylic acids is 2. The summed E-state index contributed by atoms with van der Waals surface area (Å²) in [4.78, 5) is 31.1. The van der Waals surface area contributed by atoms with Gasteiger partial charge in [-0.05, 0) is 43.2 Å². The summed E-state index contributed by atoms with van der Waals surface area (Å²) in [7, 11) is 0.642. The first-order valence-corrected chi connectivity index (χ1v) is 14.1. The van der Waals surface area contributed by atoms with Gasteiger partial charge in [-0.15, -0.1) is 5.10 Å². The number of benzene rings is 1. The van der Waals surface area contributed by atoms with Crippen molar-refractivity contribution in [3.8, 4) is 11.7 Å². The molecule has 1 aromatic carbocycles.